The molecular formula is C14H23BrN2O3S. The quantitative estimate of drug-likeness (QED) is 0.680. The Bertz CT molecular complexity index is 574. The van der Waals surface area contributed by atoms with Crippen LogP contribution in [-0.2, 0) is 21.3 Å². The molecule has 0 bridgehead atoms. The molecule has 0 amide bonds. The smallest absolute Gasteiger partial charge is 0.241 e. The van der Waals surface area contributed by atoms with Crippen molar-refractivity contribution >= 4 is 26.0 Å². The zero-order chi connectivity index (χ0) is 16.0. The van der Waals surface area contributed by atoms with Crippen molar-refractivity contribution in [1.29, 1.82) is 0 Å². The zero-order valence-electron chi connectivity index (χ0n) is 12.9. The molecule has 0 heterocycles. The molecule has 1 aromatic carbocycles. The Hall–Kier alpha value is -0.470. The first-order valence-corrected chi connectivity index (χ1v) is 9.10. The summed E-state index contributed by atoms with van der Waals surface area (Å²) in [5.41, 5.74) is 1.82. The van der Waals surface area contributed by atoms with E-state index >= 15 is 0 Å². The maximum absolute atomic E-state index is 12.4. The zero-order valence-corrected chi connectivity index (χ0v) is 15.3. The summed E-state index contributed by atoms with van der Waals surface area (Å²) in [6, 6.07) is 3.64. The van der Waals surface area contributed by atoms with Gasteiger partial charge in [0.05, 0.1) is 17.6 Å². The largest absolute Gasteiger partial charge is 0.377 e. The van der Waals surface area contributed by atoms with E-state index in [4.69, 9.17) is 4.74 Å². The Kier molecular flexibility index (Phi) is 7.29. The van der Waals surface area contributed by atoms with E-state index in [1.807, 2.05) is 33.9 Å². The fourth-order valence-corrected chi connectivity index (χ4v) is 3.94. The normalized spacial score (nSPS) is 12.1. The van der Waals surface area contributed by atoms with Crippen molar-refractivity contribution < 1.29 is 13.2 Å². The summed E-state index contributed by atoms with van der Waals surface area (Å²) < 4.78 is 33.3. The summed E-state index contributed by atoms with van der Waals surface area (Å²) in [5, 5.41) is 3.02. The molecule has 21 heavy (non-hydrogen) atoms. The molecule has 0 fully saturated rings. The van der Waals surface area contributed by atoms with Gasteiger partial charge in [0.1, 0.15) is 0 Å². The van der Waals surface area contributed by atoms with E-state index < -0.39 is 10.0 Å². The standard InChI is InChI=1S/C14H23BrN2O3S/c1-10(2)20-6-5-17-21(18,19)13-8-12(9-16-4)7-11(3)14(13)15/h7-8,10,16-17H,5-6,9H2,1-4H3. The molecule has 0 aliphatic carbocycles. The number of sulfonamides is 1. The van der Waals surface area contributed by atoms with Gasteiger partial charge in [-0.3, -0.25) is 0 Å². The second-order valence-corrected chi connectivity index (χ2v) is 7.60. The molecule has 5 nitrogen and oxygen atoms in total. The van der Waals surface area contributed by atoms with Crippen molar-refractivity contribution in [3.63, 3.8) is 0 Å². The van der Waals surface area contributed by atoms with Gasteiger partial charge in [-0.2, -0.15) is 0 Å². The second kappa shape index (κ2) is 8.24. The van der Waals surface area contributed by atoms with E-state index in [9.17, 15) is 8.42 Å². The highest BCUT2D eigenvalue weighted by molar-refractivity contribution is 9.10. The van der Waals surface area contributed by atoms with Crippen LogP contribution in [0.25, 0.3) is 0 Å². The molecule has 0 radical (unpaired) electrons. The SMILES string of the molecule is CNCc1cc(C)c(Br)c(S(=O)(=O)NCCOC(C)C)c1. The predicted molar refractivity (Wildman–Crippen MR) is 87.9 cm³/mol. The summed E-state index contributed by atoms with van der Waals surface area (Å²) in [7, 11) is -1.73. The Balaban J connectivity index is 2.91. The topological polar surface area (TPSA) is 67.4 Å². The van der Waals surface area contributed by atoms with Crippen LogP contribution in [0.1, 0.15) is 25.0 Å². The molecule has 2 N–H and O–H groups in total. The Morgan fingerprint density at radius 2 is 2.00 bits per heavy atom. The number of benzene rings is 1. The van der Waals surface area contributed by atoms with Crippen molar-refractivity contribution in [2.75, 3.05) is 20.2 Å². The van der Waals surface area contributed by atoms with Crippen LogP contribution in [0.2, 0.25) is 0 Å². The summed E-state index contributed by atoms with van der Waals surface area (Å²) in [4.78, 5) is 0.261. The second-order valence-electron chi connectivity index (χ2n) is 5.07. The minimum Gasteiger partial charge on any atom is -0.377 e. The van der Waals surface area contributed by atoms with Gasteiger partial charge in [-0.25, -0.2) is 13.1 Å². The maximum Gasteiger partial charge on any atom is 0.241 e. The van der Waals surface area contributed by atoms with Crippen molar-refractivity contribution in [3.8, 4) is 0 Å². The van der Waals surface area contributed by atoms with E-state index in [0.717, 1.165) is 11.1 Å². The molecule has 120 valence electrons. The minimum absolute atomic E-state index is 0.0856. The third-order valence-electron chi connectivity index (χ3n) is 2.80. The van der Waals surface area contributed by atoms with Gasteiger partial charge in [0.15, 0.2) is 0 Å². The Morgan fingerprint density at radius 3 is 2.57 bits per heavy atom. The van der Waals surface area contributed by atoms with E-state index in [2.05, 4.69) is 26.0 Å². The van der Waals surface area contributed by atoms with E-state index in [1.165, 1.54) is 0 Å². The number of ether oxygens (including phenoxy) is 1. The van der Waals surface area contributed by atoms with Crippen LogP contribution in [0, 0.1) is 6.92 Å². The van der Waals surface area contributed by atoms with Crippen LogP contribution in [-0.4, -0.2) is 34.7 Å². The maximum atomic E-state index is 12.4. The summed E-state index contributed by atoms with van der Waals surface area (Å²) >= 11 is 3.36. The monoisotopic (exact) mass is 378 g/mol. The molecule has 0 atom stereocenters. The van der Waals surface area contributed by atoms with Gasteiger partial charge in [0, 0.05) is 17.6 Å². The highest BCUT2D eigenvalue weighted by Crippen LogP contribution is 2.27. The number of nitrogens with one attached hydrogen (secondary N) is 2. The lowest BCUT2D eigenvalue weighted by atomic mass is 10.1. The van der Waals surface area contributed by atoms with Crippen molar-refractivity contribution in [1.82, 2.24) is 10.0 Å². The van der Waals surface area contributed by atoms with Gasteiger partial charge in [0.25, 0.3) is 0 Å². The number of hydrogen-bond acceptors (Lipinski definition) is 4. The lowest BCUT2D eigenvalue weighted by Crippen LogP contribution is -2.28. The first-order valence-electron chi connectivity index (χ1n) is 6.83. The Morgan fingerprint density at radius 1 is 1.33 bits per heavy atom. The number of aryl methyl sites for hydroxylation is 1. The first kappa shape index (κ1) is 18.6. The van der Waals surface area contributed by atoms with E-state index in [0.29, 0.717) is 17.6 Å². The van der Waals surface area contributed by atoms with Crippen LogP contribution in [0.5, 0.6) is 0 Å². The predicted octanol–water partition coefficient (Wildman–Crippen LogP) is 2.18. The highest BCUT2D eigenvalue weighted by Gasteiger charge is 2.19. The van der Waals surface area contributed by atoms with Crippen molar-refractivity contribution in [3.05, 3.63) is 27.7 Å². The van der Waals surface area contributed by atoms with Gasteiger partial charge in [-0.05, 0) is 60.9 Å². The summed E-state index contributed by atoms with van der Waals surface area (Å²) in [6.45, 7) is 6.93. The van der Waals surface area contributed by atoms with Crippen LogP contribution in [0.3, 0.4) is 0 Å². The van der Waals surface area contributed by atoms with Crippen LogP contribution in [0.4, 0.5) is 0 Å². The van der Waals surface area contributed by atoms with Crippen LogP contribution in [0.15, 0.2) is 21.5 Å². The lowest BCUT2D eigenvalue weighted by molar-refractivity contribution is 0.0834. The number of halogens is 1. The number of rotatable bonds is 8. The first-order chi connectivity index (χ1) is 9.77. The lowest BCUT2D eigenvalue weighted by Gasteiger charge is -2.13. The van der Waals surface area contributed by atoms with Gasteiger partial charge in [-0.1, -0.05) is 6.07 Å². The molecule has 0 spiro atoms. The van der Waals surface area contributed by atoms with Gasteiger partial charge >= 0.3 is 0 Å². The van der Waals surface area contributed by atoms with Crippen LogP contribution < -0.4 is 10.0 Å². The fraction of sp³-hybridized carbons (Fsp3) is 0.571. The molecule has 0 unspecified atom stereocenters. The summed E-state index contributed by atoms with van der Waals surface area (Å²) in [5.74, 6) is 0. The average Bonchev–Trinajstić information content (AvgIpc) is 2.38. The highest BCUT2D eigenvalue weighted by atomic mass is 79.9. The molecule has 0 aliphatic heterocycles. The summed E-state index contributed by atoms with van der Waals surface area (Å²) in [6.07, 6.45) is 0.0856. The third-order valence-corrected chi connectivity index (χ3v) is 5.60. The molecule has 0 aliphatic rings. The van der Waals surface area contributed by atoms with Gasteiger partial charge in [0.2, 0.25) is 10.0 Å². The van der Waals surface area contributed by atoms with Gasteiger partial charge in [-0.15, -0.1) is 0 Å². The molecule has 0 saturated heterocycles. The van der Waals surface area contributed by atoms with E-state index in [1.54, 1.807) is 6.07 Å². The third kappa shape index (κ3) is 5.67. The molecule has 1 rings (SSSR count). The Labute approximate surface area is 135 Å². The molecule has 0 saturated carbocycles. The fourth-order valence-electron chi connectivity index (χ4n) is 1.86. The van der Waals surface area contributed by atoms with E-state index in [-0.39, 0.29) is 17.5 Å². The average molecular weight is 379 g/mol. The van der Waals surface area contributed by atoms with Crippen molar-refractivity contribution in [2.24, 2.45) is 0 Å². The van der Waals surface area contributed by atoms with Gasteiger partial charge < -0.3 is 10.1 Å². The van der Waals surface area contributed by atoms with Crippen LogP contribution >= 0.6 is 15.9 Å². The minimum atomic E-state index is -3.56. The number of hydrogen-bond donors (Lipinski definition) is 2. The van der Waals surface area contributed by atoms with Crippen molar-refractivity contribution in [2.45, 2.75) is 38.3 Å². The molecule has 0 aromatic heterocycles. The molecule has 1 aromatic rings. The molecular weight excluding hydrogens is 356 g/mol. The molecule has 7 heteroatoms.